The largest absolute Gasteiger partial charge is 0.349 e. The van der Waals surface area contributed by atoms with Crippen LogP contribution in [0.3, 0.4) is 0 Å². The molecule has 7 heteroatoms. The number of rotatable bonds is 8. The van der Waals surface area contributed by atoms with Gasteiger partial charge in [0.2, 0.25) is 5.91 Å². The van der Waals surface area contributed by atoms with Crippen LogP contribution in [0.25, 0.3) is 5.69 Å². The SMILES string of the molecule is CC(C)Cc1ccc(C(C)NC(=O)CSc2nncn2-c2cccc(Cl)c2)cc1. The summed E-state index contributed by atoms with van der Waals surface area (Å²) in [6.45, 7) is 6.41. The second kappa shape index (κ2) is 9.94. The van der Waals surface area contributed by atoms with Gasteiger partial charge in [0.1, 0.15) is 6.33 Å². The molecule has 1 atom stereocenters. The molecule has 5 nitrogen and oxygen atoms in total. The van der Waals surface area contributed by atoms with Gasteiger partial charge < -0.3 is 5.32 Å². The molecule has 0 aliphatic heterocycles. The van der Waals surface area contributed by atoms with Crippen molar-refractivity contribution in [3.8, 4) is 5.69 Å². The summed E-state index contributed by atoms with van der Waals surface area (Å²) >= 11 is 7.41. The topological polar surface area (TPSA) is 59.8 Å². The first-order chi connectivity index (χ1) is 13.9. The van der Waals surface area contributed by atoms with Gasteiger partial charge >= 0.3 is 0 Å². The lowest BCUT2D eigenvalue weighted by molar-refractivity contribution is -0.119. The third-order valence-corrected chi connectivity index (χ3v) is 5.61. The molecule has 1 unspecified atom stereocenters. The number of thioether (sulfide) groups is 1. The van der Waals surface area contributed by atoms with Crippen LogP contribution in [0.4, 0.5) is 0 Å². The van der Waals surface area contributed by atoms with Gasteiger partial charge in [-0.1, -0.05) is 67.5 Å². The quantitative estimate of drug-likeness (QED) is 0.508. The molecule has 0 aliphatic carbocycles. The van der Waals surface area contributed by atoms with Gasteiger partial charge in [-0.2, -0.15) is 0 Å². The number of amides is 1. The minimum absolute atomic E-state index is 0.0469. The number of carbonyl (C=O) groups excluding carboxylic acids is 1. The number of halogens is 1. The summed E-state index contributed by atoms with van der Waals surface area (Å²) in [6.07, 6.45) is 2.68. The average molecular weight is 429 g/mol. The Kier molecular flexibility index (Phi) is 7.34. The van der Waals surface area contributed by atoms with Crippen molar-refractivity contribution in [1.29, 1.82) is 0 Å². The van der Waals surface area contributed by atoms with Gasteiger partial charge in [-0.25, -0.2) is 0 Å². The molecule has 0 fully saturated rings. The Morgan fingerprint density at radius 3 is 2.62 bits per heavy atom. The summed E-state index contributed by atoms with van der Waals surface area (Å²) in [4.78, 5) is 12.4. The minimum Gasteiger partial charge on any atom is -0.349 e. The van der Waals surface area contributed by atoms with Gasteiger partial charge in [-0.05, 0) is 48.6 Å². The molecule has 152 valence electrons. The highest BCUT2D eigenvalue weighted by Crippen LogP contribution is 2.22. The maximum atomic E-state index is 12.4. The first kappa shape index (κ1) is 21.4. The number of aromatic nitrogens is 3. The molecule has 1 amide bonds. The minimum atomic E-state index is -0.0537. The zero-order chi connectivity index (χ0) is 20.8. The first-order valence-corrected chi connectivity index (χ1v) is 11.0. The lowest BCUT2D eigenvalue weighted by Crippen LogP contribution is -2.28. The normalized spacial score (nSPS) is 12.2. The number of nitrogens with one attached hydrogen (secondary N) is 1. The van der Waals surface area contributed by atoms with Crippen LogP contribution in [0.2, 0.25) is 5.02 Å². The summed E-state index contributed by atoms with van der Waals surface area (Å²) in [5.41, 5.74) is 3.27. The molecule has 0 bridgehead atoms. The average Bonchev–Trinajstić information content (AvgIpc) is 3.15. The van der Waals surface area contributed by atoms with E-state index in [1.165, 1.54) is 17.3 Å². The van der Waals surface area contributed by atoms with Crippen LogP contribution in [0.15, 0.2) is 60.0 Å². The van der Waals surface area contributed by atoms with Crippen molar-refractivity contribution >= 4 is 29.3 Å². The van der Waals surface area contributed by atoms with Crippen molar-refractivity contribution in [2.45, 2.75) is 38.4 Å². The predicted molar refractivity (Wildman–Crippen MR) is 119 cm³/mol. The van der Waals surface area contributed by atoms with E-state index >= 15 is 0 Å². The molecule has 29 heavy (non-hydrogen) atoms. The Morgan fingerprint density at radius 1 is 1.17 bits per heavy atom. The third kappa shape index (κ3) is 6.08. The first-order valence-electron chi connectivity index (χ1n) is 9.59. The molecule has 0 radical (unpaired) electrons. The van der Waals surface area contributed by atoms with Gasteiger partial charge in [-0.15, -0.1) is 10.2 Å². The van der Waals surface area contributed by atoms with Crippen LogP contribution in [-0.4, -0.2) is 26.4 Å². The summed E-state index contributed by atoms with van der Waals surface area (Å²) in [5.74, 6) is 0.841. The molecule has 3 rings (SSSR count). The van der Waals surface area contributed by atoms with Crippen molar-refractivity contribution in [2.24, 2.45) is 5.92 Å². The van der Waals surface area contributed by atoms with E-state index in [-0.39, 0.29) is 17.7 Å². The number of benzene rings is 2. The van der Waals surface area contributed by atoms with E-state index < -0.39 is 0 Å². The van der Waals surface area contributed by atoms with Crippen molar-refractivity contribution in [1.82, 2.24) is 20.1 Å². The monoisotopic (exact) mass is 428 g/mol. The Bertz CT molecular complexity index is 955. The van der Waals surface area contributed by atoms with E-state index in [1.54, 1.807) is 6.33 Å². The van der Waals surface area contributed by atoms with Crippen molar-refractivity contribution < 1.29 is 4.79 Å². The number of hydrogen-bond acceptors (Lipinski definition) is 4. The zero-order valence-electron chi connectivity index (χ0n) is 16.8. The highest BCUT2D eigenvalue weighted by Gasteiger charge is 2.13. The van der Waals surface area contributed by atoms with Crippen molar-refractivity contribution in [3.05, 3.63) is 71.0 Å². The standard InChI is InChI=1S/C22H25ClN4OS/c1-15(2)11-17-7-9-18(10-8-17)16(3)25-21(28)13-29-22-26-24-14-27(22)20-6-4-5-19(23)12-20/h4-10,12,14-16H,11,13H2,1-3H3,(H,25,28). The second-order valence-electron chi connectivity index (χ2n) is 7.38. The molecular weight excluding hydrogens is 404 g/mol. The van der Waals surface area contributed by atoms with Crippen molar-refractivity contribution in [3.63, 3.8) is 0 Å². The summed E-state index contributed by atoms with van der Waals surface area (Å²) < 4.78 is 1.82. The molecule has 0 saturated carbocycles. The van der Waals surface area contributed by atoms with E-state index in [1.807, 2.05) is 35.8 Å². The Balaban J connectivity index is 1.56. The highest BCUT2D eigenvalue weighted by molar-refractivity contribution is 7.99. The van der Waals surface area contributed by atoms with Crippen LogP contribution >= 0.6 is 23.4 Å². The van der Waals surface area contributed by atoms with Gasteiger partial charge in [0, 0.05) is 5.02 Å². The summed E-state index contributed by atoms with van der Waals surface area (Å²) in [6, 6.07) is 15.8. The maximum Gasteiger partial charge on any atom is 0.230 e. The number of nitrogens with zero attached hydrogens (tertiary/aromatic N) is 3. The van der Waals surface area contributed by atoms with Gasteiger partial charge in [0.05, 0.1) is 17.5 Å². The lowest BCUT2D eigenvalue weighted by Gasteiger charge is -2.15. The van der Waals surface area contributed by atoms with E-state index in [0.717, 1.165) is 17.7 Å². The summed E-state index contributed by atoms with van der Waals surface area (Å²) in [5, 5.41) is 12.4. The number of hydrogen-bond donors (Lipinski definition) is 1. The molecule has 1 N–H and O–H groups in total. The van der Waals surface area contributed by atoms with Crippen LogP contribution < -0.4 is 5.32 Å². The Hall–Kier alpha value is -2.31. The van der Waals surface area contributed by atoms with E-state index in [9.17, 15) is 4.79 Å². The molecule has 0 aliphatic rings. The van der Waals surface area contributed by atoms with Gasteiger partial charge in [0.25, 0.3) is 0 Å². The number of carbonyl (C=O) groups is 1. The fourth-order valence-corrected chi connectivity index (χ4v) is 3.96. The summed E-state index contributed by atoms with van der Waals surface area (Å²) in [7, 11) is 0. The van der Waals surface area contributed by atoms with E-state index in [2.05, 4.69) is 53.6 Å². The Morgan fingerprint density at radius 2 is 1.93 bits per heavy atom. The smallest absolute Gasteiger partial charge is 0.230 e. The molecule has 3 aromatic rings. The van der Waals surface area contributed by atoms with Crippen LogP contribution in [0.5, 0.6) is 0 Å². The highest BCUT2D eigenvalue weighted by atomic mass is 35.5. The fraction of sp³-hybridized carbons (Fsp3) is 0.318. The van der Waals surface area contributed by atoms with Crippen molar-refractivity contribution in [2.75, 3.05) is 5.75 Å². The molecule has 1 aromatic heterocycles. The maximum absolute atomic E-state index is 12.4. The third-order valence-electron chi connectivity index (χ3n) is 4.44. The van der Waals surface area contributed by atoms with Gasteiger partial charge in [-0.3, -0.25) is 9.36 Å². The van der Waals surface area contributed by atoms with Crippen LogP contribution in [-0.2, 0) is 11.2 Å². The van der Waals surface area contributed by atoms with Crippen LogP contribution in [0.1, 0.15) is 37.9 Å². The van der Waals surface area contributed by atoms with E-state index in [4.69, 9.17) is 11.6 Å². The molecule has 0 spiro atoms. The predicted octanol–water partition coefficient (Wildman–Crippen LogP) is 5.09. The fourth-order valence-electron chi connectivity index (χ4n) is 3.04. The molecule has 0 saturated heterocycles. The zero-order valence-corrected chi connectivity index (χ0v) is 18.4. The molecule has 2 aromatic carbocycles. The molecular formula is C22H25ClN4OS. The second-order valence-corrected chi connectivity index (χ2v) is 8.76. The lowest BCUT2D eigenvalue weighted by atomic mass is 10.00. The Labute approximate surface area is 180 Å². The molecule has 1 heterocycles. The van der Waals surface area contributed by atoms with E-state index in [0.29, 0.717) is 16.1 Å². The van der Waals surface area contributed by atoms with Crippen LogP contribution in [0, 0.1) is 5.92 Å². The van der Waals surface area contributed by atoms with Gasteiger partial charge in [0.15, 0.2) is 5.16 Å².